The number of halogens is 1. The summed E-state index contributed by atoms with van der Waals surface area (Å²) < 4.78 is 10.7. The molecule has 1 N–H and O–H groups in total. The lowest BCUT2D eigenvalue weighted by atomic mass is 10.2. The van der Waals surface area contributed by atoms with E-state index in [2.05, 4.69) is 10.2 Å². The number of rotatable bonds is 4. The molecule has 0 spiro atoms. The SMILES string of the molecule is COc1ccc(NC(=O)C(C)Cl)cc1N1CCOCC1. The summed E-state index contributed by atoms with van der Waals surface area (Å²) in [6, 6.07) is 5.56. The lowest BCUT2D eigenvalue weighted by Gasteiger charge is -2.30. The highest BCUT2D eigenvalue weighted by Gasteiger charge is 2.17. The van der Waals surface area contributed by atoms with Crippen LogP contribution in [0.3, 0.4) is 0 Å². The van der Waals surface area contributed by atoms with Crippen LogP contribution in [0.4, 0.5) is 11.4 Å². The molecule has 110 valence electrons. The molecule has 0 aliphatic carbocycles. The van der Waals surface area contributed by atoms with Crippen LogP contribution in [0.5, 0.6) is 5.75 Å². The molecule has 1 unspecified atom stereocenters. The van der Waals surface area contributed by atoms with E-state index in [1.807, 2.05) is 12.1 Å². The average Bonchev–Trinajstić information content (AvgIpc) is 2.48. The molecule has 1 heterocycles. The first kappa shape index (κ1) is 14.9. The van der Waals surface area contributed by atoms with E-state index in [-0.39, 0.29) is 5.91 Å². The molecule has 0 aromatic heterocycles. The molecular formula is C14H19ClN2O3. The van der Waals surface area contributed by atoms with Gasteiger partial charge in [0.25, 0.3) is 0 Å². The van der Waals surface area contributed by atoms with Crippen molar-refractivity contribution < 1.29 is 14.3 Å². The number of ether oxygens (including phenoxy) is 2. The third-order valence-corrected chi connectivity index (χ3v) is 3.36. The van der Waals surface area contributed by atoms with Crippen LogP contribution in [-0.2, 0) is 9.53 Å². The number of hydrogen-bond donors (Lipinski definition) is 1. The maximum Gasteiger partial charge on any atom is 0.242 e. The van der Waals surface area contributed by atoms with Crippen LogP contribution in [-0.4, -0.2) is 44.7 Å². The number of alkyl halides is 1. The van der Waals surface area contributed by atoms with Crippen molar-refractivity contribution in [1.82, 2.24) is 0 Å². The number of nitrogens with zero attached hydrogens (tertiary/aromatic N) is 1. The van der Waals surface area contributed by atoms with Crippen molar-refractivity contribution in [3.8, 4) is 5.75 Å². The Morgan fingerprint density at radius 1 is 1.45 bits per heavy atom. The predicted molar refractivity (Wildman–Crippen MR) is 80.0 cm³/mol. The van der Waals surface area contributed by atoms with Gasteiger partial charge in [0, 0.05) is 18.8 Å². The summed E-state index contributed by atoms with van der Waals surface area (Å²) in [5.74, 6) is 0.564. The minimum atomic E-state index is -0.566. The van der Waals surface area contributed by atoms with E-state index in [0.717, 1.165) is 24.5 Å². The predicted octanol–water partition coefficient (Wildman–Crippen LogP) is 2.10. The zero-order valence-electron chi connectivity index (χ0n) is 11.7. The first-order chi connectivity index (χ1) is 9.61. The van der Waals surface area contributed by atoms with E-state index < -0.39 is 5.38 Å². The van der Waals surface area contributed by atoms with Crippen LogP contribution in [0.2, 0.25) is 0 Å². The van der Waals surface area contributed by atoms with Crippen LogP contribution in [0.25, 0.3) is 0 Å². The van der Waals surface area contributed by atoms with E-state index in [9.17, 15) is 4.79 Å². The van der Waals surface area contributed by atoms with E-state index in [1.165, 1.54) is 0 Å². The Labute approximate surface area is 123 Å². The van der Waals surface area contributed by atoms with Crippen molar-refractivity contribution in [2.24, 2.45) is 0 Å². The molecule has 20 heavy (non-hydrogen) atoms. The highest BCUT2D eigenvalue weighted by Crippen LogP contribution is 2.32. The minimum absolute atomic E-state index is 0.218. The molecule has 1 saturated heterocycles. The molecule has 2 rings (SSSR count). The van der Waals surface area contributed by atoms with Crippen LogP contribution >= 0.6 is 11.6 Å². The van der Waals surface area contributed by atoms with Gasteiger partial charge in [-0.05, 0) is 25.1 Å². The van der Waals surface area contributed by atoms with Gasteiger partial charge in [0.15, 0.2) is 0 Å². The van der Waals surface area contributed by atoms with Crippen molar-refractivity contribution in [2.45, 2.75) is 12.3 Å². The third kappa shape index (κ3) is 3.55. The first-order valence-electron chi connectivity index (χ1n) is 6.57. The summed E-state index contributed by atoms with van der Waals surface area (Å²) >= 11 is 5.76. The summed E-state index contributed by atoms with van der Waals surface area (Å²) in [5, 5.41) is 2.22. The van der Waals surface area contributed by atoms with Crippen molar-refractivity contribution >= 4 is 28.9 Å². The number of methoxy groups -OCH3 is 1. The topological polar surface area (TPSA) is 50.8 Å². The quantitative estimate of drug-likeness (QED) is 0.865. The maximum atomic E-state index is 11.6. The van der Waals surface area contributed by atoms with Gasteiger partial charge >= 0.3 is 0 Å². The van der Waals surface area contributed by atoms with Crippen molar-refractivity contribution in [3.63, 3.8) is 0 Å². The van der Waals surface area contributed by atoms with Crippen LogP contribution in [0, 0.1) is 0 Å². The Kier molecular flexibility index (Phi) is 5.09. The number of carbonyl (C=O) groups excluding carboxylic acids is 1. The van der Waals surface area contributed by atoms with Gasteiger partial charge in [-0.2, -0.15) is 0 Å². The summed E-state index contributed by atoms with van der Waals surface area (Å²) in [6.45, 7) is 4.64. The number of hydrogen-bond acceptors (Lipinski definition) is 4. The fraction of sp³-hybridized carbons (Fsp3) is 0.500. The number of benzene rings is 1. The van der Waals surface area contributed by atoms with Crippen LogP contribution in [0.1, 0.15) is 6.92 Å². The fourth-order valence-electron chi connectivity index (χ4n) is 2.06. The molecule has 6 heteroatoms. The monoisotopic (exact) mass is 298 g/mol. The molecular weight excluding hydrogens is 280 g/mol. The zero-order valence-corrected chi connectivity index (χ0v) is 12.4. The Balaban J connectivity index is 2.21. The normalized spacial score (nSPS) is 16.6. The molecule has 1 aromatic carbocycles. The summed E-state index contributed by atoms with van der Waals surface area (Å²) in [6.07, 6.45) is 0. The minimum Gasteiger partial charge on any atom is -0.495 e. The van der Waals surface area contributed by atoms with E-state index in [4.69, 9.17) is 21.1 Å². The van der Waals surface area contributed by atoms with Crippen molar-refractivity contribution in [2.75, 3.05) is 43.6 Å². The Morgan fingerprint density at radius 3 is 2.75 bits per heavy atom. The number of amides is 1. The Hall–Kier alpha value is -1.46. The zero-order chi connectivity index (χ0) is 14.5. The molecule has 5 nitrogen and oxygen atoms in total. The average molecular weight is 299 g/mol. The van der Waals surface area contributed by atoms with E-state index >= 15 is 0 Å². The lowest BCUT2D eigenvalue weighted by Crippen LogP contribution is -2.36. The number of carbonyl (C=O) groups is 1. The molecule has 0 bridgehead atoms. The molecule has 1 aromatic rings. The highest BCUT2D eigenvalue weighted by molar-refractivity contribution is 6.32. The first-order valence-corrected chi connectivity index (χ1v) is 7.01. The van der Waals surface area contributed by atoms with Gasteiger partial charge in [-0.1, -0.05) is 0 Å². The third-order valence-electron chi connectivity index (χ3n) is 3.16. The smallest absolute Gasteiger partial charge is 0.242 e. The highest BCUT2D eigenvalue weighted by atomic mass is 35.5. The standard InChI is InChI=1S/C14H19ClN2O3/c1-10(15)14(18)16-11-3-4-13(19-2)12(9-11)17-5-7-20-8-6-17/h3-4,9-10H,5-8H2,1-2H3,(H,16,18). The summed E-state index contributed by atoms with van der Waals surface area (Å²) in [7, 11) is 1.64. The van der Waals surface area contributed by atoms with Gasteiger partial charge < -0.3 is 19.7 Å². The molecule has 1 amide bonds. The van der Waals surface area contributed by atoms with Crippen LogP contribution < -0.4 is 15.0 Å². The van der Waals surface area contributed by atoms with Gasteiger partial charge in [0.05, 0.1) is 26.0 Å². The van der Waals surface area contributed by atoms with Gasteiger partial charge in [-0.15, -0.1) is 11.6 Å². The van der Waals surface area contributed by atoms with Gasteiger partial charge in [0.1, 0.15) is 11.1 Å². The molecule has 0 saturated carbocycles. The Morgan fingerprint density at radius 2 is 2.15 bits per heavy atom. The van der Waals surface area contributed by atoms with E-state index in [0.29, 0.717) is 18.9 Å². The van der Waals surface area contributed by atoms with Gasteiger partial charge in [0.2, 0.25) is 5.91 Å². The Bertz CT molecular complexity index is 473. The van der Waals surface area contributed by atoms with E-state index in [1.54, 1.807) is 20.1 Å². The largest absolute Gasteiger partial charge is 0.495 e. The second-order valence-corrected chi connectivity index (χ2v) is 5.25. The van der Waals surface area contributed by atoms with Crippen molar-refractivity contribution in [1.29, 1.82) is 0 Å². The maximum absolute atomic E-state index is 11.6. The molecule has 1 atom stereocenters. The van der Waals surface area contributed by atoms with Gasteiger partial charge in [-0.25, -0.2) is 0 Å². The second kappa shape index (κ2) is 6.81. The van der Waals surface area contributed by atoms with Crippen molar-refractivity contribution in [3.05, 3.63) is 18.2 Å². The molecule has 0 radical (unpaired) electrons. The summed E-state index contributed by atoms with van der Waals surface area (Å²) in [5.41, 5.74) is 1.67. The van der Waals surface area contributed by atoms with Gasteiger partial charge in [-0.3, -0.25) is 4.79 Å². The number of nitrogens with one attached hydrogen (secondary N) is 1. The number of anilines is 2. The lowest BCUT2D eigenvalue weighted by molar-refractivity contribution is -0.115. The fourth-order valence-corrected chi connectivity index (χ4v) is 2.12. The van der Waals surface area contributed by atoms with Crippen LogP contribution in [0.15, 0.2) is 18.2 Å². The summed E-state index contributed by atoms with van der Waals surface area (Å²) in [4.78, 5) is 13.8. The number of morpholine rings is 1. The molecule has 1 fully saturated rings. The molecule has 1 aliphatic heterocycles. The molecule has 1 aliphatic rings. The second-order valence-electron chi connectivity index (χ2n) is 4.59.